The fraction of sp³-hybridized carbons (Fsp3) is 0.214. The van der Waals surface area contributed by atoms with Gasteiger partial charge in [-0.05, 0) is 0 Å². The molecule has 1 aromatic carbocycles. The Labute approximate surface area is 164 Å². The molecule has 0 spiro atoms. The zero-order chi connectivity index (χ0) is 17.9. The van der Waals surface area contributed by atoms with Gasteiger partial charge in [0.2, 0.25) is 0 Å². The average molecular weight is 495 g/mol. The third-order valence-corrected chi connectivity index (χ3v) is 8.64. The van der Waals surface area contributed by atoms with E-state index in [0.717, 1.165) is 0 Å². The molecule has 24 heavy (non-hydrogen) atoms. The molecular weight excluding hydrogens is 483 g/mol. The topological polar surface area (TPSA) is 64.6 Å². The second-order valence-electron chi connectivity index (χ2n) is 4.47. The van der Waals surface area contributed by atoms with E-state index in [2.05, 4.69) is 9.97 Å². The molecule has 1 amide bonds. The van der Waals surface area contributed by atoms with E-state index >= 15 is 0 Å². The number of hydrogen-bond acceptors (Lipinski definition) is 5. The number of benzene rings is 1. The summed E-state index contributed by atoms with van der Waals surface area (Å²) in [6, 6.07) is 3.10. The number of halogens is 3. The van der Waals surface area contributed by atoms with Gasteiger partial charge in [-0.25, -0.2) is 0 Å². The molecule has 2 rings (SSSR count). The Hall–Kier alpha value is -0.961. The van der Waals surface area contributed by atoms with E-state index in [1.807, 2.05) is 0 Å². The van der Waals surface area contributed by atoms with E-state index < -0.39 is 21.1 Å². The van der Waals surface area contributed by atoms with Crippen LogP contribution in [0.25, 0.3) is 0 Å². The van der Waals surface area contributed by atoms with Gasteiger partial charge in [0.15, 0.2) is 0 Å². The first-order valence-corrected chi connectivity index (χ1v) is 10.5. The van der Waals surface area contributed by atoms with Gasteiger partial charge in [0.25, 0.3) is 0 Å². The van der Waals surface area contributed by atoms with Crippen LogP contribution in [0, 0.1) is 0 Å². The van der Waals surface area contributed by atoms with Crippen molar-refractivity contribution in [2.75, 3.05) is 26.2 Å². The van der Waals surface area contributed by atoms with E-state index in [1.54, 1.807) is 13.1 Å². The molecule has 126 valence electrons. The fourth-order valence-corrected chi connectivity index (χ4v) is 5.82. The molecule has 10 heteroatoms. The van der Waals surface area contributed by atoms with E-state index in [0.29, 0.717) is 30.9 Å². The minimum absolute atomic E-state index is 0.118. The number of anilines is 1. The van der Waals surface area contributed by atoms with Crippen LogP contribution in [0.5, 0.6) is 11.5 Å². The number of hydrogen-bond donors (Lipinski definition) is 0. The van der Waals surface area contributed by atoms with Crippen molar-refractivity contribution in [2.24, 2.45) is 0 Å². The minimum atomic E-state index is -1.88. The third kappa shape index (κ3) is 4.16. The maximum absolute atomic E-state index is 12.6. The van der Waals surface area contributed by atoms with Crippen LogP contribution in [-0.4, -0.2) is 56.3 Å². The molecule has 2 radical (unpaired) electrons. The molecule has 0 N–H and O–H groups in total. The Morgan fingerprint density at radius 2 is 1.67 bits per heavy atom. The van der Waals surface area contributed by atoms with Gasteiger partial charge in [0, 0.05) is 0 Å². The van der Waals surface area contributed by atoms with Crippen LogP contribution in [0.3, 0.4) is 0 Å². The van der Waals surface area contributed by atoms with Crippen LogP contribution in [-0.2, 0) is 0 Å². The van der Waals surface area contributed by atoms with Crippen molar-refractivity contribution in [3.63, 3.8) is 0 Å². The SMILES string of the molecule is COc1cc(OC)c(Cl)[c]([Sn][C](=O)N(C)c2cc(Cl)ncn2)c1Cl. The molecule has 0 unspecified atom stereocenters. The van der Waals surface area contributed by atoms with E-state index in [-0.39, 0.29) is 9.08 Å². The number of carbonyl (C=O) groups excluding carboxylic acids is 1. The Kier molecular flexibility index (Phi) is 6.79. The van der Waals surface area contributed by atoms with E-state index in [1.165, 1.54) is 31.5 Å². The first kappa shape index (κ1) is 19.4. The maximum atomic E-state index is 12.6. The normalized spacial score (nSPS) is 10.4. The fourth-order valence-electron chi connectivity index (χ4n) is 1.80. The molecule has 1 aromatic heterocycles. The van der Waals surface area contributed by atoms with Crippen molar-refractivity contribution < 1.29 is 14.3 Å². The Balaban J connectivity index is 2.34. The van der Waals surface area contributed by atoms with Crippen LogP contribution < -0.4 is 18.0 Å². The molecule has 1 heterocycles. The molecular formula is C14H12Cl3N3O3Sn. The van der Waals surface area contributed by atoms with Crippen molar-refractivity contribution in [2.45, 2.75) is 0 Å². The van der Waals surface area contributed by atoms with Crippen molar-refractivity contribution >= 4 is 69.3 Å². The molecule has 0 bridgehead atoms. The monoisotopic (exact) mass is 495 g/mol. The van der Waals surface area contributed by atoms with Gasteiger partial charge in [0.1, 0.15) is 0 Å². The Morgan fingerprint density at radius 1 is 1.08 bits per heavy atom. The van der Waals surface area contributed by atoms with Gasteiger partial charge in [0.05, 0.1) is 0 Å². The van der Waals surface area contributed by atoms with Gasteiger partial charge in [-0.1, -0.05) is 0 Å². The summed E-state index contributed by atoms with van der Waals surface area (Å²) in [5, 5.41) is 0.916. The molecule has 0 aliphatic heterocycles. The van der Waals surface area contributed by atoms with E-state index in [4.69, 9.17) is 44.3 Å². The third-order valence-electron chi connectivity index (χ3n) is 3.07. The number of rotatable bonds is 5. The molecule has 2 aromatic rings. The van der Waals surface area contributed by atoms with Crippen molar-refractivity contribution in [1.29, 1.82) is 0 Å². The van der Waals surface area contributed by atoms with Crippen LogP contribution in [0.1, 0.15) is 0 Å². The second kappa shape index (κ2) is 8.42. The summed E-state index contributed by atoms with van der Waals surface area (Å²) in [4.78, 5) is 21.9. The number of carbonyl (C=O) groups is 1. The summed E-state index contributed by atoms with van der Waals surface area (Å²) in [5.41, 5.74) is 0. The molecule has 0 fully saturated rings. The zero-order valence-electron chi connectivity index (χ0n) is 12.9. The van der Waals surface area contributed by atoms with Gasteiger partial charge in [-0.15, -0.1) is 0 Å². The van der Waals surface area contributed by atoms with Gasteiger partial charge < -0.3 is 0 Å². The predicted molar refractivity (Wildman–Crippen MR) is 95.8 cm³/mol. The van der Waals surface area contributed by atoms with Crippen molar-refractivity contribution in [3.05, 3.63) is 33.7 Å². The second-order valence-corrected chi connectivity index (χ2v) is 8.98. The summed E-state index contributed by atoms with van der Waals surface area (Å²) in [6.45, 7) is 0. The summed E-state index contributed by atoms with van der Waals surface area (Å²) in [6.07, 6.45) is 1.29. The summed E-state index contributed by atoms with van der Waals surface area (Å²) in [5.74, 6) is 1.23. The number of nitrogens with zero attached hydrogens (tertiary/aromatic N) is 3. The summed E-state index contributed by atoms with van der Waals surface area (Å²) < 4.78 is 10.9. The predicted octanol–water partition coefficient (Wildman–Crippen LogP) is 3.04. The first-order chi connectivity index (χ1) is 11.4. The van der Waals surface area contributed by atoms with Crippen molar-refractivity contribution in [3.8, 4) is 11.5 Å². The zero-order valence-corrected chi connectivity index (χ0v) is 18.1. The molecule has 0 aliphatic carbocycles. The molecule has 0 aliphatic rings. The number of methoxy groups -OCH3 is 2. The Bertz CT molecular complexity index is 748. The molecule has 0 saturated heterocycles. The van der Waals surface area contributed by atoms with Crippen LogP contribution in [0.4, 0.5) is 10.6 Å². The standard InChI is InChI=1S/C8H7Cl2O2.C6H5ClN3O.Sn/c1-11-7-4-8(12-2)6(10)3-5(7)9;1-10(4-11)6-2-5(7)8-3-9-6;/h4H,1-2H3;2-3H,1H3;. The quantitative estimate of drug-likeness (QED) is 0.472. The first-order valence-electron chi connectivity index (χ1n) is 6.51. The Morgan fingerprint density at radius 3 is 2.17 bits per heavy atom. The van der Waals surface area contributed by atoms with Gasteiger partial charge in [-0.2, -0.15) is 0 Å². The van der Waals surface area contributed by atoms with Gasteiger partial charge in [-0.3, -0.25) is 0 Å². The van der Waals surface area contributed by atoms with Crippen molar-refractivity contribution in [1.82, 2.24) is 9.97 Å². The van der Waals surface area contributed by atoms with E-state index in [9.17, 15) is 4.79 Å². The number of amides is 1. The van der Waals surface area contributed by atoms with Crippen LogP contribution in [0.15, 0.2) is 18.5 Å². The van der Waals surface area contributed by atoms with Gasteiger partial charge >= 0.3 is 165 Å². The molecule has 6 nitrogen and oxygen atoms in total. The van der Waals surface area contributed by atoms with Crippen LogP contribution >= 0.6 is 34.8 Å². The number of ether oxygens (including phenoxy) is 2. The number of aromatic nitrogens is 2. The molecule has 0 saturated carbocycles. The molecule has 0 atom stereocenters. The average Bonchev–Trinajstić information content (AvgIpc) is 2.58. The summed E-state index contributed by atoms with van der Waals surface area (Å²) in [7, 11) is 4.58. The van der Waals surface area contributed by atoms with Crippen LogP contribution in [0.2, 0.25) is 15.2 Å². The summed E-state index contributed by atoms with van der Waals surface area (Å²) >= 11 is 16.6.